The van der Waals surface area contributed by atoms with Gasteiger partial charge in [0.15, 0.2) is 17.6 Å². The van der Waals surface area contributed by atoms with Crippen molar-refractivity contribution in [2.75, 3.05) is 18.5 Å². The molecule has 1 amide bonds. The minimum Gasteiger partial charge on any atom is -0.486 e. The molecule has 1 N–H and O–H groups in total. The number of ether oxygens (including phenoxy) is 3. The van der Waals surface area contributed by atoms with E-state index in [-0.39, 0.29) is 6.42 Å². The van der Waals surface area contributed by atoms with Gasteiger partial charge in [-0.25, -0.2) is 4.98 Å². The molecular weight excluding hydrogens is 392 g/mol. The maximum atomic E-state index is 12.3. The number of hydrogen-bond acceptors (Lipinski definition) is 7. The summed E-state index contributed by atoms with van der Waals surface area (Å²) in [6.07, 6.45) is -0.262. The topological polar surface area (TPSA) is 86.8 Å². The van der Waals surface area contributed by atoms with Gasteiger partial charge in [-0.1, -0.05) is 12.1 Å². The van der Waals surface area contributed by atoms with Crippen LogP contribution in [0.15, 0.2) is 42.5 Å². The number of nitrogens with zero attached hydrogens (tertiary/aromatic N) is 1. The molecular formula is C21H20N2O5S. The highest BCUT2D eigenvalue weighted by atomic mass is 32.1. The van der Waals surface area contributed by atoms with Crippen LogP contribution in [0.25, 0.3) is 10.2 Å². The fourth-order valence-corrected chi connectivity index (χ4v) is 3.88. The highest BCUT2D eigenvalue weighted by Crippen LogP contribution is 2.32. The fourth-order valence-electron chi connectivity index (χ4n) is 2.91. The zero-order chi connectivity index (χ0) is 20.2. The van der Waals surface area contributed by atoms with Gasteiger partial charge >= 0.3 is 5.97 Å². The van der Waals surface area contributed by atoms with E-state index in [9.17, 15) is 9.59 Å². The molecule has 8 heteroatoms. The summed E-state index contributed by atoms with van der Waals surface area (Å²) in [7, 11) is 0. The summed E-state index contributed by atoms with van der Waals surface area (Å²) >= 11 is 1.56. The standard InChI is InChI=1S/C21H20N2O5S/c1-13(21(25)22-14-6-7-16-17(12-14)27-11-10-26-16)28-20(24)9-8-19-23-15-4-2-3-5-18(15)29-19/h2-7,12-13H,8-11H2,1H3,(H,22,25). The van der Waals surface area contributed by atoms with Crippen LogP contribution in [0, 0.1) is 0 Å². The van der Waals surface area contributed by atoms with Crippen molar-refractivity contribution >= 4 is 39.1 Å². The Balaban J connectivity index is 1.28. The first-order chi connectivity index (χ1) is 14.1. The zero-order valence-electron chi connectivity index (χ0n) is 15.8. The summed E-state index contributed by atoms with van der Waals surface area (Å²) in [6, 6.07) is 13.0. The normalized spacial score (nSPS) is 13.7. The summed E-state index contributed by atoms with van der Waals surface area (Å²) in [5.74, 6) is 0.377. The minimum absolute atomic E-state index is 0.168. The lowest BCUT2D eigenvalue weighted by molar-refractivity contribution is -0.153. The van der Waals surface area contributed by atoms with Crippen molar-refractivity contribution in [1.29, 1.82) is 0 Å². The lowest BCUT2D eigenvalue weighted by Crippen LogP contribution is -2.30. The molecule has 2 heterocycles. The summed E-state index contributed by atoms with van der Waals surface area (Å²) in [5.41, 5.74) is 1.48. The monoisotopic (exact) mass is 412 g/mol. The second-order valence-corrected chi connectivity index (χ2v) is 7.67. The number of benzene rings is 2. The number of thiazole rings is 1. The molecule has 29 heavy (non-hydrogen) atoms. The Kier molecular flexibility index (Phi) is 5.62. The van der Waals surface area contributed by atoms with E-state index in [1.165, 1.54) is 0 Å². The van der Waals surface area contributed by atoms with Crippen LogP contribution in [0.4, 0.5) is 5.69 Å². The molecule has 2 aromatic carbocycles. The first kappa shape index (κ1) is 19.2. The van der Waals surface area contributed by atoms with E-state index < -0.39 is 18.0 Å². The highest BCUT2D eigenvalue weighted by molar-refractivity contribution is 7.18. The SMILES string of the molecule is CC(OC(=O)CCc1nc2ccccc2s1)C(=O)Nc1ccc2c(c1)OCCO2. The van der Waals surface area contributed by atoms with E-state index in [1.54, 1.807) is 36.5 Å². The predicted molar refractivity (Wildman–Crippen MR) is 110 cm³/mol. The molecule has 7 nitrogen and oxygen atoms in total. The molecule has 1 aliphatic heterocycles. The molecule has 1 aromatic heterocycles. The lowest BCUT2D eigenvalue weighted by Gasteiger charge is -2.19. The second kappa shape index (κ2) is 8.48. The molecule has 0 radical (unpaired) electrons. The number of aromatic nitrogens is 1. The maximum Gasteiger partial charge on any atom is 0.306 e. The van der Waals surface area contributed by atoms with Gasteiger partial charge in [0.25, 0.3) is 5.91 Å². The van der Waals surface area contributed by atoms with Gasteiger partial charge in [0.2, 0.25) is 0 Å². The molecule has 0 saturated heterocycles. The van der Waals surface area contributed by atoms with Crippen LogP contribution in [0.3, 0.4) is 0 Å². The van der Waals surface area contributed by atoms with E-state index in [2.05, 4.69) is 10.3 Å². The fraction of sp³-hybridized carbons (Fsp3) is 0.286. The molecule has 1 atom stereocenters. The highest BCUT2D eigenvalue weighted by Gasteiger charge is 2.19. The van der Waals surface area contributed by atoms with Crippen LogP contribution in [-0.4, -0.2) is 36.2 Å². The number of esters is 1. The molecule has 1 aliphatic rings. The smallest absolute Gasteiger partial charge is 0.306 e. The third kappa shape index (κ3) is 4.65. The van der Waals surface area contributed by atoms with E-state index in [0.29, 0.717) is 36.8 Å². The number of aryl methyl sites for hydroxylation is 1. The van der Waals surface area contributed by atoms with Gasteiger partial charge in [0.05, 0.1) is 21.6 Å². The van der Waals surface area contributed by atoms with E-state index >= 15 is 0 Å². The molecule has 150 valence electrons. The molecule has 4 rings (SSSR count). The Morgan fingerprint density at radius 1 is 1.17 bits per heavy atom. The van der Waals surface area contributed by atoms with Gasteiger partial charge in [-0.05, 0) is 31.2 Å². The van der Waals surface area contributed by atoms with Crippen LogP contribution < -0.4 is 14.8 Å². The van der Waals surface area contributed by atoms with Crippen LogP contribution in [0.5, 0.6) is 11.5 Å². The Bertz CT molecular complexity index is 1020. The Morgan fingerprint density at radius 2 is 1.97 bits per heavy atom. The average molecular weight is 412 g/mol. The van der Waals surface area contributed by atoms with Gasteiger partial charge in [0, 0.05) is 18.2 Å². The van der Waals surface area contributed by atoms with Crippen molar-refractivity contribution in [3.63, 3.8) is 0 Å². The Hall–Kier alpha value is -3.13. The molecule has 0 fully saturated rings. The zero-order valence-corrected chi connectivity index (χ0v) is 16.7. The predicted octanol–water partition coefficient (Wildman–Crippen LogP) is 3.57. The van der Waals surface area contributed by atoms with Gasteiger partial charge in [-0.3, -0.25) is 9.59 Å². The van der Waals surface area contributed by atoms with Gasteiger partial charge in [-0.2, -0.15) is 0 Å². The number of rotatable bonds is 6. The Labute approximate surface area is 171 Å². The first-order valence-corrected chi connectivity index (χ1v) is 10.1. The molecule has 0 spiro atoms. The molecule has 0 saturated carbocycles. The number of anilines is 1. The summed E-state index contributed by atoms with van der Waals surface area (Å²) in [4.78, 5) is 29.0. The van der Waals surface area contributed by atoms with Crippen molar-refractivity contribution in [2.45, 2.75) is 25.9 Å². The summed E-state index contributed by atoms with van der Waals surface area (Å²) < 4.78 is 17.3. The first-order valence-electron chi connectivity index (χ1n) is 9.33. The van der Waals surface area contributed by atoms with E-state index in [4.69, 9.17) is 14.2 Å². The minimum atomic E-state index is -0.911. The molecule has 3 aromatic rings. The number of carbonyl (C=O) groups excluding carboxylic acids is 2. The van der Waals surface area contributed by atoms with E-state index in [1.807, 2.05) is 24.3 Å². The Morgan fingerprint density at radius 3 is 2.79 bits per heavy atom. The molecule has 0 aliphatic carbocycles. The van der Waals surface area contributed by atoms with Crippen molar-refractivity contribution in [3.8, 4) is 11.5 Å². The quantitative estimate of drug-likeness (QED) is 0.623. The average Bonchev–Trinajstić information content (AvgIpc) is 3.15. The van der Waals surface area contributed by atoms with Crippen LogP contribution in [0.1, 0.15) is 18.4 Å². The van der Waals surface area contributed by atoms with Crippen LogP contribution in [-0.2, 0) is 20.7 Å². The number of fused-ring (bicyclic) bond motifs is 2. The van der Waals surface area contributed by atoms with Crippen LogP contribution >= 0.6 is 11.3 Å². The maximum absolute atomic E-state index is 12.3. The van der Waals surface area contributed by atoms with Crippen molar-refractivity contribution in [3.05, 3.63) is 47.5 Å². The van der Waals surface area contributed by atoms with Crippen molar-refractivity contribution in [2.24, 2.45) is 0 Å². The summed E-state index contributed by atoms with van der Waals surface area (Å²) in [6.45, 7) is 2.51. The lowest BCUT2D eigenvalue weighted by atomic mass is 10.2. The van der Waals surface area contributed by atoms with Gasteiger partial charge < -0.3 is 19.5 Å². The number of nitrogens with one attached hydrogen (secondary N) is 1. The largest absolute Gasteiger partial charge is 0.486 e. The summed E-state index contributed by atoms with van der Waals surface area (Å²) in [5, 5.41) is 3.60. The molecule has 1 unspecified atom stereocenters. The van der Waals surface area contributed by atoms with Crippen molar-refractivity contribution < 1.29 is 23.8 Å². The second-order valence-electron chi connectivity index (χ2n) is 6.56. The van der Waals surface area contributed by atoms with Gasteiger partial charge in [0.1, 0.15) is 13.2 Å². The van der Waals surface area contributed by atoms with Crippen LogP contribution in [0.2, 0.25) is 0 Å². The van der Waals surface area contributed by atoms with E-state index in [0.717, 1.165) is 15.2 Å². The van der Waals surface area contributed by atoms with Gasteiger partial charge in [-0.15, -0.1) is 11.3 Å². The number of hydrogen-bond donors (Lipinski definition) is 1. The number of carbonyl (C=O) groups is 2. The number of amides is 1. The third-order valence-electron chi connectivity index (χ3n) is 4.37. The van der Waals surface area contributed by atoms with Crippen molar-refractivity contribution in [1.82, 2.24) is 4.98 Å². The number of para-hydroxylation sites is 1. The molecule has 0 bridgehead atoms. The third-order valence-corrected chi connectivity index (χ3v) is 5.46.